The van der Waals surface area contributed by atoms with Gasteiger partial charge in [0.15, 0.2) is 0 Å². The summed E-state index contributed by atoms with van der Waals surface area (Å²) in [7, 11) is 3.98. The van der Waals surface area contributed by atoms with Gasteiger partial charge in [0.2, 0.25) is 0 Å². The number of carbonyl (C=O) groups excluding carboxylic acids is 1. The molecule has 0 radical (unpaired) electrons. The number of nitrogens with zero attached hydrogens (tertiary/aromatic N) is 3. The van der Waals surface area contributed by atoms with Crippen molar-refractivity contribution >= 4 is 6.03 Å². The fraction of sp³-hybridized carbons (Fsp3) is 0.647. The summed E-state index contributed by atoms with van der Waals surface area (Å²) in [5.41, 5.74) is 2.05. The Bertz CT molecular complexity index is 466. The van der Waals surface area contributed by atoms with Gasteiger partial charge in [-0.2, -0.15) is 0 Å². The lowest BCUT2D eigenvalue weighted by Crippen LogP contribution is -2.38. The van der Waals surface area contributed by atoms with Crippen LogP contribution < -0.4 is 5.32 Å². The molecule has 2 rings (SSSR count). The number of aryl methyl sites for hydroxylation is 1. The SMILES string of the molecule is Cc1ccc(CN(C)C(=O)NCCC2CCN(C)CC2)nc1. The van der Waals surface area contributed by atoms with E-state index in [4.69, 9.17) is 0 Å². The zero-order chi connectivity index (χ0) is 15.9. The summed E-state index contributed by atoms with van der Waals surface area (Å²) < 4.78 is 0. The van der Waals surface area contributed by atoms with Crippen molar-refractivity contribution in [3.63, 3.8) is 0 Å². The lowest BCUT2D eigenvalue weighted by molar-refractivity contribution is 0.197. The van der Waals surface area contributed by atoms with Gasteiger partial charge in [-0.3, -0.25) is 4.98 Å². The van der Waals surface area contributed by atoms with E-state index < -0.39 is 0 Å². The zero-order valence-electron chi connectivity index (χ0n) is 14.0. The molecule has 1 aliphatic heterocycles. The van der Waals surface area contributed by atoms with Crippen molar-refractivity contribution in [3.8, 4) is 0 Å². The molecule has 22 heavy (non-hydrogen) atoms. The molecule has 122 valence electrons. The highest BCUT2D eigenvalue weighted by molar-refractivity contribution is 5.73. The first-order valence-corrected chi connectivity index (χ1v) is 8.13. The maximum absolute atomic E-state index is 12.1. The number of amides is 2. The molecule has 0 atom stereocenters. The van der Waals surface area contributed by atoms with Gasteiger partial charge in [0.1, 0.15) is 0 Å². The van der Waals surface area contributed by atoms with Crippen LogP contribution in [0.1, 0.15) is 30.5 Å². The van der Waals surface area contributed by atoms with Gasteiger partial charge in [-0.05, 0) is 63.9 Å². The molecule has 5 heteroatoms. The average molecular weight is 304 g/mol. The molecule has 0 aliphatic carbocycles. The van der Waals surface area contributed by atoms with Crippen LogP contribution in [0.25, 0.3) is 0 Å². The molecule has 2 amide bonds. The number of hydrogen-bond acceptors (Lipinski definition) is 3. The minimum atomic E-state index is -0.0182. The maximum Gasteiger partial charge on any atom is 0.317 e. The van der Waals surface area contributed by atoms with E-state index in [0.29, 0.717) is 6.54 Å². The monoisotopic (exact) mass is 304 g/mol. The molecule has 1 aromatic heterocycles. The molecule has 0 spiro atoms. The number of piperidine rings is 1. The van der Waals surface area contributed by atoms with Gasteiger partial charge >= 0.3 is 6.03 Å². The van der Waals surface area contributed by atoms with Crippen LogP contribution in [-0.2, 0) is 6.54 Å². The Morgan fingerprint density at radius 3 is 2.77 bits per heavy atom. The minimum Gasteiger partial charge on any atom is -0.338 e. The van der Waals surface area contributed by atoms with Crippen LogP contribution in [0.3, 0.4) is 0 Å². The molecular formula is C17H28N4O. The highest BCUT2D eigenvalue weighted by atomic mass is 16.2. The Balaban J connectivity index is 1.67. The van der Waals surface area contributed by atoms with Gasteiger partial charge in [0, 0.05) is 19.8 Å². The Labute approximate surface area is 133 Å². The second-order valence-electron chi connectivity index (χ2n) is 6.45. The molecule has 1 fully saturated rings. The third-order valence-electron chi connectivity index (χ3n) is 4.39. The number of aromatic nitrogens is 1. The fourth-order valence-electron chi connectivity index (χ4n) is 2.78. The largest absolute Gasteiger partial charge is 0.338 e. The van der Waals surface area contributed by atoms with Crippen LogP contribution in [0.2, 0.25) is 0 Å². The van der Waals surface area contributed by atoms with Gasteiger partial charge in [-0.25, -0.2) is 4.79 Å². The first-order valence-electron chi connectivity index (χ1n) is 8.13. The second kappa shape index (κ2) is 8.13. The Morgan fingerprint density at radius 2 is 2.14 bits per heavy atom. The van der Waals surface area contributed by atoms with Crippen molar-refractivity contribution in [3.05, 3.63) is 29.6 Å². The summed E-state index contributed by atoms with van der Waals surface area (Å²) in [6.45, 7) is 5.67. The highest BCUT2D eigenvalue weighted by Crippen LogP contribution is 2.18. The third kappa shape index (κ3) is 5.30. The predicted octanol–water partition coefficient (Wildman–Crippen LogP) is 2.26. The fourth-order valence-corrected chi connectivity index (χ4v) is 2.78. The summed E-state index contributed by atoms with van der Waals surface area (Å²) in [4.78, 5) is 20.5. The van der Waals surface area contributed by atoms with E-state index in [2.05, 4.69) is 22.2 Å². The first-order chi connectivity index (χ1) is 10.5. The molecule has 1 aromatic rings. The predicted molar refractivity (Wildman–Crippen MR) is 88.7 cm³/mol. The maximum atomic E-state index is 12.1. The molecule has 1 N–H and O–H groups in total. The molecule has 1 saturated heterocycles. The number of nitrogens with one attached hydrogen (secondary N) is 1. The van der Waals surface area contributed by atoms with E-state index in [1.165, 1.54) is 25.9 Å². The van der Waals surface area contributed by atoms with E-state index in [1.807, 2.05) is 32.3 Å². The molecule has 0 saturated carbocycles. The number of pyridine rings is 1. The summed E-state index contributed by atoms with van der Waals surface area (Å²) in [6.07, 6.45) is 5.41. The lowest BCUT2D eigenvalue weighted by atomic mass is 9.94. The third-order valence-corrected chi connectivity index (χ3v) is 4.39. The van der Waals surface area contributed by atoms with E-state index in [0.717, 1.165) is 30.1 Å². The molecule has 0 aromatic carbocycles. The number of hydrogen-bond donors (Lipinski definition) is 1. The van der Waals surface area contributed by atoms with Gasteiger partial charge in [-0.15, -0.1) is 0 Å². The van der Waals surface area contributed by atoms with Gasteiger partial charge in [0.05, 0.1) is 12.2 Å². The number of urea groups is 1. The van der Waals surface area contributed by atoms with E-state index >= 15 is 0 Å². The second-order valence-corrected chi connectivity index (χ2v) is 6.45. The highest BCUT2D eigenvalue weighted by Gasteiger charge is 2.17. The van der Waals surface area contributed by atoms with Crippen molar-refractivity contribution in [2.75, 3.05) is 33.7 Å². The zero-order valence-corrected chi connectivity index (χ0v) is 14.0. The standard InChI is InChI=1S/C17H28N4O/c1-14-4-5-16(19-12-14)13-21(3)17(22)18-9-6-15-7-10-20(2)11-8-15/h4-5,12,15H,6-11,13H2,1-3H3,(H,18,22). The molecule has 1 aliphatic rings. The van der Waals surface area contributed by atoms with Crippen LogP contribution in [-0.4, -0.2) is 54.5 Å². The van der Waals surface area contributed by atoms with Crippen LogP contribution in [0.4, 0.5) is 4.79 Å². The summed E-state index contributed by atoms with van der Waals surface area (Å²) in [5.74, 6) is 0.751. The summed E-state index contributed by atoms with van der Waals surface area (Å²) in [5, 5.41) is 3.02. The van der Waals surface area contributed by atoms with Crippen molar-refractivity contribution in [1.29, 1.82) is 0 Å². The Kier molecular flexibility index (Phi) is 6.19. The number of carbonyl (C=O) groups is 1. The smallest absolute Gasteiger partial charge is 0.317 e. The van der Waals surface area contributed by atoms with Crippen LogP contribution >= 0.6 is 0 Å². The van der Waals surface area contributed by atoms with Crippen molar-refractivity contribution in [2.24, 2.45) is 5.92 Å². The van der Waals surface area contributed by atoms with Crippen LogP contribution in [0, 0.1) is 12.8 Å². The number of rotatable bonds is 5. The molecule has 0 unspecified atom stereocenters. The first kappa shape index (κ1) is 16.7. The van der Waals surface area contributed by atoms with Crippen molar-refractivity contribution in [1.82, 2.24) is 20.1 Å². The van der Waals surface area contributed by atoms with Gasteiger partial charge in [-0.1, -0.05) is 6.07 Å². The summed E-state index contributed by atoms with van der Waals surface area (Å²) in [6, 6.07) is 3.97. The Hall–Kier alpha value is -1.62. The Morgan fingerprint density at radius 1 is 1.41 bits per heavy atom. The normalized spacial score (nSPS) is 16.5. The molecular weight excluding hydrogens is 276 g/mol. The van der Waals surface area contributed by atoms with E-state index in [1.54, 1.807) is 4.90 Å². The van der Waals surface area contributed by atoms with Gasteiger partial charge < -0.3 is 15.1 Å². The van der Waals surface area contributed by atoms with Crippen LogP contribution in [0.15, 0.2) is 18.3 Å². The number of likely N-dealkylation sites (tertiary alicyclic amines) is 1. The van der Waals surface area contributed by atoms with E-state index in [9.17, 15) is 4.79 Å². The topological polar surface area (TPSA) is 48.5 Å². The molecule has 2 heterocycles. The quantitative estimate of drug-likeness (QED) is 0.908. The van der Waals surface area contributed by atoms with Crippen molar-refractivity contribution in [2.45, 2.75) is 32.7 Å². The summed E-state index contributed by atoms with van der Waals surface area (Å²) >= 11 is 0. The average Bonchev–Trinajstić information content (AvgIpc) is 2.51. The lowest BCUT2D eigenvalue weighted by Gasteiger charge is -2.29. The minimum absolute atomic E-state index is 0.0182. The van der Waals surface area contributed by atoms with Crippen molar-refractivity contribution < 1.29 is 4.79 Å². The van der Waals surface area contributed by atoms with Gasteiger partial charge in [0.25, 0.3) is 0 Å². The molecule has 5 nitrogen and oxygen atoms in total. The van der Waals surface area contributed by atoms with Crippen LogP contribution in [0.5, 0.6) is 0 Å². The van der Waals surface area contributed by atoms with E-state index in [-0.39, 0.29) is 6.03 Å². The molecule has 0 bridgehead atoms.